The fourth-order valence-electron chi connectivity index (χ4n) is 13.4. The van der Waals surface area contributed by atoms with E-state index in [1.165, 1.54) is 110 Å². The van der Waals surface area contributed by atoms with Gasteiger partial charge >= 0.3 is 0 Å². The molecular weight excluding hydrogens is 675 g/mol. The average Bonchev–Trinajstić information content (AvgIpc) is 3.23. The van der Waals surface area contributed by atoms with Gasteiger partial charge in [0.1, 0.15) is 0 Å². The molecule has 0 amide bonds. The molecule has 7 aromatic carbocycles. The Morgan fingerprint density at radius 1 is 0.518 bits per heavy atom. The number of rotatable bonds is 3. The van der Waals surface area contributed by atoms with E-state index in [-0.39, 0.29) is 12.1 Å². The van der Waals surface area contributed by atoms with Crippen LogP contribution in [-0.4, -0.2) is 6.71 Å². The standard InChI is InChI=1S/C53H45BN2/c1-32(2)36-21-22-48-46(29-36)54-45-17-10-16-44-52(45)56(47-18-9-8-15-43(47)53(44)40-24-33-23-34(26-40)27-41(53)25-33)50-31-39(38-20-19-35-11-6-7-12-37(35)28-38)30-49(51(50)54)55(48)42-13-4-3-5-14-42/h3-22,28-34,40-41H,23-27H2,1-2H3. The molecular formula is C53H45BN2. The minimum Gasteiger partial charge on any atom is -0.311 e. The molecule has 14 rings (SSSR count). The fourth-order valence-corrected chi connectivity index (χ4v) is 13.4. The molecule has 0 atom stereocenters. The summed E-state index contributed by atoms with van der Waals surface area (Å²) in [7, 11) is 0. The Hall–Kier alpha value is -5.54. The molecule has 0 saturated heterocycles. The Morgan fingerprint density at radius 2 is 1.21 bits per heavy atom. The van der Waals surface area contributed by atoms with E-state index in [2.05, 4.69) is 169 Å². The van der Waals surface area contributed by atoms with E-state index in [1.54, 1.807) is 11.1 Å². The lowest BCUT2D eigenvalue weighted by atomic mass is 9.32. The Bertz CT molecular complexity index is 2750. The van der Waals surface area contributed by atoms with Crippen LogP contribution in [0.2, 0.25) is 0 Å². The molecule has 0 aromatic heterocycles. The van der Waals surface area contributed by atoms with Gasteiger partial charge in [-0.15, -0.1) is 0 Å². The maximum Gasteiger partial charge on any atom is 0.252 e. The third-order valence-electron chi connectivity index (χ3n) is 15.3. The molecule has 0 N–H and O–H groups in total. The SMILES string of the molecule is CC(C)c1ccc2c(c1)B1c3cccc4c3N(c3ccccc3C43C4CC5CC(C4)CC3C5)c3cc(-c4ccc5ccccc5c4)cc(c31)N2c1ccccc1. The molecule has 7 aromatic rings. The van der Waals surface area contributed by atoms with Crippen molar-refractivity contribution in [2.24, 2.45) is 23.7 Å². The number of benzene rings is 7. The molecule has 270 valence electrons. The Morgan fingerprint density at radius 3 is 2.00 bits per heavy atom. The van der Waals surface area contributed by atoms with Crippen molar-refractivity contribution in [2.45, 2.75) is 57.3 Å². The van der Waals surface area contributed by atoms with E-state index in [0.717, 1.165) is 11.8 Å². The fraction of sp³-hybridized carbons (Fsp3) is 0.245. The van der Waals surface area contributed by atoms with Gasteiger partial charge < -0.3 is 9.80 Å². The number of anilines is 6. The molecule has 56 heavy (non-hydrogen) atoms. The molecule has 2 nitrogen and oxygen atoms in total. The molecule has 7 aliphatic rings. The second-order valence-corrected chi connectivity index (χ2v) is 18.3. The first-order valence-corrected chi connectivity index (χ1v) is 21.3. The summed E-state index contributed by atoms with van der Waals surface area (Å²) in [5.41, 5.74) is 19.5. The van der Waals surface area contributed by atoms with Crippen LogP contribution in [0.4, 0.5) is 34.1 Å². The third kappa shape index (κ3) is 4.04. The van der Waals surface area contributed by atoms with Crippen molar-refractivity contribution < 1.29 is 0 Å². The lowest BCUT2D eigenvalue weighted by Crippen LogP contribution is -2.64. The quantitative estimate of drug-likeness (QED) is 0.168. The summed E-state index contributed by atoms with van der Waals surface area (Å²) < 4.78 is 0. The molecule has 0 radical (unpaired) electrons. The summed E-state index contributed by atoms with van der Waals surface area (Å²) in [4.78, 5) is 5.32. The summed E-state index contributed by atoms with van der Waals surface area (Å²) in [6, 6.07) is 56.5. The molecule has 4 bridgehead atoms. The van der Waals surface area contributed by atoms with Crippen LogP contribution in [0.15, 0.2) is 146 Å². The van der Waals surface area contributed by atoms with Crippen LogP contribution in [0.1, 0.15) is 68.6 Å². The second kappa shape index (κ2) is 11.3. The van der Waals surface area contributed by atoms with Gasteiger partial charge in [0.25, 0.3) is 6.71 Å². The Labute approximate surface area is 330 Å². The highest BCUT2D eigenvalue weighted by Gasteiger charge is 2.62. The molecule has 4 saturated carbocycles. The molecule has 4 fully saturated rings. The predicted octanol–water partition coefficient (Wildman–Crippen LogP) is 11.8. The molecule has 3 heterocycles. The van der Waals surface area contributed by atoms with Crippen molar-refractivity contribution in [2.75, 3.05) is 9.80 Å². The van der Waals surface area contributed by atoms with Gasteiger partial charge in [-0.05, 0) is 159 Å². The topological polar surface area (TPSA) is 6.48 Å². The summed E-state index contributed by atoms with van der Waals surface area (Å²) in [6.45, 7) is 4.81. The molecule has 3 heteroatoms. The van der Waals surface area contributed by atoms with E-state index >= 15 is 0 Å². The number of para-hydroxylation sites is 3. The maximum absolute atomic E-state index is 2.75. The number of fused-ring (bicyclic) bond motifs is 7. The largest absolute Gasteiger partial charge is 0.311 e. The van der Waals surface area contributed by atoms with Crippen LogP contribution in [-0.2, 0) is 5.41 Å². The zero-order valence-corrected chi connectivity index (χ0v) is 32.3. The van der Waals surface area contributed by atoms with Gasteiger partial charge in [0.15, 0.2) is 0 Å². The van der Waals surface area contributed by atoms with Crippen LogP contribution < -0.4 is 26.2 Å². The summed E-state index contributed by atoms with van der Waals surface area (Å²) in [5, 5.41) is 2.56. The van der Waals surface area contributed by atoms with Crippen molar-refractivity contribution in [3.8, 4) is 11.1 Å². The number of hydrogen-bond acceptors (Lipinski definition) is 2. The first-order chi connectivity index (χ1) is 27.6. The van der Waals surface area contributed by atoms with Crippen molar-refractivity contribution in [1.29, 1.82) is 0 Å². The first kappa shape index (κ1) is 31.6. The monoisotopic (exact) mass is 720 g/mol. The molecule has 3 aliphatic heterocycles. The maximum atomic E-state index is 2.75. The van der Waals surface area contributed by atoms with Gasteiger partial charge in [-0.1, -0.05) is 117 Å². The lowest BCUT2D eigenvalue weighted by Gasteiger charge is -2.64. The molecule has 0 unspecified atom stereocenters. The van der Waals surface area contributed by atoms with Crippen molar-refractivity contribution >= 4 is 68.0 Å². The minimum atomic E-state index is 0.0650. The normalized spacial score (nSPS) is 24.4. The zero-order valence-electron chi connectivity index (χ0n) is 32.3. The highest BCUT2D eigenvalue weighted by Crippen LogP contribution is 2.69. The van der Waals surface area contributed by atoms with Gasteiger partial charge in [-0.25, -0.2) is 0 Å². The van der Waals surface area contributed by atoms with E-state index < -0.39 is 0 Å². The van der Waals surface area contributed by atoms with Gasteiger partial charge in [-0.2, -0.15) is 0 Å². The Kier molecular flexibility index (Phi) is 6.38. The number of hydrogen-bond donors (Lipinski definition) is 0. The van der Waals surface area contributed by atoms with Crippen LogP contribution in [0, 0.1) is 23.7 Å². The van der Waals surface area contributed by atoms with E-state index in [0.29, 0.717) is 17.8 Å². The highest BCUT2D eigenvalue weighted by atomic mass is 15.2. The van der Waals surface area contributed by atoms with E-state index in [1.807, 2.05) is 0 Å². The predicted molar refractivity (Wildman–Crippen MR) is 235 cm³/mol. The zero-order chi connectivity index (χ0) is 36.9. The lowest BCUT2D eigenvalue weighted by molar-refractivity contribution is -0.0419. The summed E-state index contributed by atoms with van der Waals surface area (Å²) >= 11 is 0. The molecule has 1 spiro atoms. The van der Waals surface area contributed by atoms with Gasteiger partial charge in [-0.3, -0.25) is 0 Å². The summed E-state index contributed by atoms with van der Waals surface area (Å²) in [5.74, 6) is 3.66. The van der Waals surface area contributed by atoms with Crippen molar-refractivity contribution in [3.05, 3.63) is 162 Å². The average molecular weight is 721 g/mol. The summed E-state index contributed by atoms with van der Waals surface area (Å²) in [6.07, 6.45) is 7.00. The van der Waals surface area contributed by atoms with E-state index in [9.17, 15) is 0 Å². The van der Waals surface area contributed by atoms with Gasteiger partial charge in [0, 0.05) is 33.9 Å². The van der Waals surface area contributed by atoms with Gasteiger partial charge in [0.05, 0.1) is 5.69 Å². The number of nitrogens with zero attached hydrogens (tertiary/aromatic N) is 2. The van der Waals surface area contributed by atoms with Crippen LogP contribution in [0.25, 0.3) is 21.9 Å². The van der Waals surface area contributed by atoms with Crippen molar-refractivity contribution in [3.63, 3.8) is 0 Å². The van der Waals surface area contributed by atoms with Crippen molar-refractivity contribution in [1.82, 2.24) is 0 Å². The smallest absolute Gasteiger partial charge is 0.252 e. The third-order valence-corrected chi connectivity index (χ3v) is 15.3. The van der Waals surface area contributed by atoms with Crippen LogP contribution in [0.5, 0.6) is 0 Å². The van der Waals surface area contributed by atoms with Gasteiger partial charge in [0.2, 0.25) is 0 Å². The van der Waals surface area contributed by atoms with E-state index in [4.69, 9.17) is 0 Å². The minimum absolute atomic E-state index is 0.0650. The van der Waals surface area contributed by atoms with Crippen LogP contribution in [0.3, 0.4) is 0 Å². The van der Waals surface area contributed by atoms with Crippen LogP contribution >= 0.6 is 0 Å². The molecule has 4 aliphatic carbocycles. The first-order valence-electron chi connectivity index (χ1n) is 21.3. The second-order valence-electron chi connectivity index (χ2n) is 18.3. The Balaban J connectivity index is 1.15. The highest BCUT2D eigenvalue weighted by molar-refractivity contribution is 7.00.